The minimum Gasteiger partial charge on any atom is -0.289 e. The second-order valence-corrected chi connectivity index (χ2v) is 8.06. The van der Waals surface area contributed by atoms with Gasteiger partial charge in [-0.2, -0.15) is 0 Å². The molecule has 0 unspecified atom stereocenters. The fourth-order valence-corrected chi connectivity index (χ4v) is 4.09. The van der Waals surface area contributed by atoms with Crippen molar-refractivity contribution in [2.45, 2.75) is 0 Å². The number of hydrogen-bond donors (Lipinski definition) is 0. The van der Waals surface area contributed by atoms with Crippen LogP contribution in [-0.2, 0) is 0 Å². The van der Waals surface area contributed by atoms with E-state index in [1.165, 1.54) is 12.1 Å². The van der Waals surface area contributed by atoms with E-state index in [4.69, 9.17) is 23.2 Å². The van der Waals surface area contributed by atoms with Crippen LogP contribution >= 0.6 is 23.2 Å². The van der Waals surface area contributed by atoms with Crippen LogP contribution in [0.4, 0.5) is 4.39 Å². The molecule has 1 heterocycles. The largest absolute Gasteiger partial charge is 0.289 e. The van der Waals surface area contributed by atoms with Crippen molar-refractivity contribution >= 4 is 67.8 Å². The summed E-state index contributed by atoms with van der Waals surface area (Å²) in [7, 11) is 0. The van der Waals surface area contributed by atoms with Crippen LogP contribution in [0.3, 0.4) is 0 Å². The summed E-state index contributed by atoms with van der Waals surface area (Å²) in [5.41, 5.74) is 2.07. The Balaban J connectivity index is 1.60. The Morgan fingerprint density at radius 1 is 0.774 bits per heavy atom. The standard InChI is InChI=1S/C26H14Cl2FNO/c27-21-3-1-2-17-8-7-16-6-4-15(12-20(16)26(31)25(17)21)5-10-19-11-9-18-13-23(29)22(28)14-24(18)30-19/h1-14H/b10-5+. The summed E-state index contributed by atoms with van der Waals surface area (Å²) in [5.74, 6) is -0.468. The lowest BCUT2D eigenvalue weighted by molar-refractivity contribution is 0.630. The van der Waals surface area contributed by atoms with Gasteiger partial charge in [-0.15, -0.1) is 0 Å². The van der Waals surface area contributed by atoms with Gasteiger partial charge in [0.2, 0.25) is 0 Å². The number of benzene rings is 3. The number of nitrogens with zero attached hydrogens (tertiary/aromatic N) is 1. The van der Waals surface area contributed by atoms with Crippen molar-refractivity contribution in [2.75, 3.05) is 0 Å². The molecule has 5 aromatic rings. The van der Waals surface area contributed by atoms with Crippen LogP contribution < -0.4 is 5.43 Å². The topological polar surface area (TPSA) is 30.0 Å². The lowest BCUT2D eigenvalue weighted by atomic mass is 10.1. The first kappa shape index (κ1) is 19.7. The molecule has 0 aliphatic carbocycles. The summed E-state index contributed by atoms with van der Waals surface area (Å²) in [5, 5.41) is 3.92. The summed E-state index contributed by atoms with van der Waals surface area (Å²) >= 11 is 12.2. The molecule has 1 aromatic heterocycles. The normalized spacial score (nSPS) is 11.7. The summed E-state index contributed by atoms with van der Waals surface area (Å²) in [4.78, 5) is 17.7. The molecule has 4 aromatic carbocycles. The van der Waals surface area contributed by atoms with Crippen molar-refractivity contribution in [2.24, 2.45) is 0 Å². The highest BCUT2D eigenvalue weighted by molar-refractivity contribution is 6.35. The zero-order valence-electron chi connectivity index (χ0n) is 16.1. The summed E-state index contributed by atoms with van der Waals surface area (Å²) in [6.07, 6.45) is 3.73. The number of pyridine rings is 1. The van der Waals surface area contributed by atoms with E-state index in [0.717, 1.165) is 16.3 Å². The number of aromatic nitrogens is 1. The predicted molar refractivity (Wildman–Crippen MR) is 128 cm³/mol. The smallest absolute Gasteiger partial charge is 0.195 e. The highest BCUT2D eigenvalue weighted by atomic mass is 35.5. The van der Waals surface area contributed by atoms with Gasteiger partial charge in [0.15, 0.2) is 5.43 Å². The summed E-state index contributed by atoms with van der Waals surface area (Å²) in [6.45, 7) is 0. The van der Waals surface area contributed by atoms with Gasteiger partial charge in [0, 0.05) is 16.2 Å². The summed E-state index contributed by atoms with van der Waals surface area (Å²) in [6, 6.07) is 21.5. The van der Waals surface area contributed by atoms with Gasteiger partial charge in [-0.25, -0.2) is 9.37 Å². The molecular weight excluding hydrogens is 432 g/mol. The van der Waals surface area contributed by atoms with Gasteiger partial charge in [-0.1, -0.05) is 71.7 Å². The zero-order valence-corrected chi connectivity index (χ0v) is 17.6. The lowest BCUT2D eigenvalue weighted by Crippen LogP contribution is -1.99. The van der Waals surface area contributed by atoms with E-state index in [9.17, 15) is 9.18 Å². The SMILES string of the molecule is O=c1c2cc(/C=C/c3ccc4cc(F)c(Cl)cc4n3)ccc2ccc2cccc(Cl)c12. The number of halogens is 3. The predicted octanol–water partition coefficient (Wildman–Crippen LogP) is 7.52. The van der Waals surface area contributed by atoms with E-state index < -0.39 is 5.82 Å². The first-order chi connectivity index (χ1) is 15.0. The Kier molecular flexibility index (Phi) is 4.93. The van der Waals surface area contributed by atoms with Crippen LogP contribution in [0.1, 0.15) is 11.3 Å². The maximum absolute atomic E-state index is 13.6. The molecule has 0 aliphatic heterocycles. The van der Waals surface area contributed by atoms with E-state index in [0.29, 0.717) is 32.4 Å². The van der Waals surface area contributed by atoms with Crippen LogP contribution in [0.25, 0.3) is 44.6 Å². The van der Waals surface area contributed by atoms with Crippen LogP contribution in [0, 0.1) is 5.82 Å². The molecule has 5 heteroatoms. The molecule has 0 bridgehead atoms. The molecule has 0 fully saturated rings. The van der Waals surface area contributed by atoms with Gasteiger partial charge in [0.05, 0.1) is 21.3 Å². The summed E-state index contributed by atoms with van der Waals surface area (Å²) < 4.78 is 13.6. The molecule has 0 saturated carbocycles. The van der Waals surface area contributed by atoms with E-state index >= 15 is 0 Å². The molecule has 150 valence electrons. The average molecular weight is 446 g/mol. The minimum absolute atomic E-state index is 0.0393. The van der Waals surface area contributed by atoms with E-state index in [2.05, 4.69) is 4.98 Å². The Bertz CT molecular complexity index is 1590. The minimum atomic E-state index is -0.468. The molecule has 0 N–H and O–H groups in total. The quantitative estimate of drug-likeness (QED) is 0.281. The molecule has 0 spiro atoms. The first-order valence-corrected chi connectivity index (χ1v) is 10.3. The molecule has 5 rings (SSSR count). The molecule has 0 saturated heterocycles. The van der Waals surface area contributed by atoms with Crippen LogP contribution in [0.2, 0.25) is 10.0 Å². The van der Waals surface area contributed by atoms with Crippen molar-refractivity contribution in [3.05, 3.63) is 110 Å². The maximum atomic E-state index is 13.6. The van der Waals surface area contributed by atoms with Crippen molar-refractivity contribution in [3.63, 3.8) is 0 Å². The van der Waals surface area contributed by atoms with Gasteiger partial charge < -0.3 is 0 Å². The molecule has 0 amide bonds. The second kappa shape index (κ2) is 7.77. The van der Waals surface area contributed by atoms with Gasteiger partial charge in [0.1, 0.15) is 5.82 Å². The number of hydrogen-bond acceptors (Lipinski definition) is 2. The van der Waals surface area contributed by atoms with Crippen molar-refractivity contribution in [3.8, 4) is 0 Å². The fourth-order valence-electron chi connectivity index (χ4n) is 3.66. The number of rotatable bonds is 2. The third kappa shape index (κ3) is 3.67. The monoisotopic (exact) mass is 445 g/mol. The highest BCUT2D eigenvalue weighted by Gasteiger charge is 2.07. The van der Waals surface area contributed by atoms with Crippen LogP contribution in [0.5, 0.6) is 0 Å². The van der Waals surface area contributed by atoms with E-state index in [-0.39, 0.29) is 10.5 Å². The van der Waals surface area contributed by atoms with Crippen molar-refractivity contribution < 1.29 is 4.39 Å². The Morgan fingerprint density at radius 2 is 1.55 bits per heavy atom. The highest BCUT2D eigenvalue weighted by Crippen LogP contribution is 2.24. The van der Waals surface area contributed by atoms with E-state index in [1.54, 1.807) is 18.2 Å². The molecule has 0 atom stereocenters. The third-order valence-corrected chi connectivity index (χ3v) is 5.84. The van der Waals surface area contributed by atoms with Crippen molar-refractivity contribution in [1.82, 2.24) is 4.98 Å². The number of fused-ring (bicyclic) bond motifs is 3. The third-order valence-electron chi connectivity index (χ3n) is 5.24. The lowest BCUT2D eigenvalue weighted by Gasteiger charge is -2.01. The Morgan fingerprint density at radius 3 is 2.42 bits per heavy atom. The fraction of sp³-hybridized carbons (Fsp3) is 0. The zero-order chi connectivity index (χ0) is 21.5. The average Bonchev–Trinajstić information content (AvgIpc) is 2.90. The Labute approximate surface area is 187 Å². The van der Waals surface area contributed by atoms with Crippen LogP contribution in [-0.4, -0.2) is 4.98 Å². The molecular formula is C26H14Cl2FNO. The molecule has 31 heavy (non-hydrogen) atoms. The Hall–Kier alpha value is -3.27. The van der Waals surface area contributed by atoms with Crippen LogP contribution in [0.15, 0.2) is 77.6 Å². The molecule has 0 aliphatic rings. The van der Waals surface area contributed by atoms with Gasteiger partial charge in [0.25, 0.3) is 0 Å². The molecule has 0 radical (unpaired) electrons. The van der Waals surface area contributed by atoms with Gasteiger partial charge in [-0.05, 0) is 52.7 Å². The molecule has 2 nitrogen and oxygen atoms in total. The second-order valence-electron chi connectivity index (χ2n) is 7.24. The van der Waals surface area contributed by atoms with E-state index in [1.807, 2.05) is 54.6 Å². The van der Waals surface area contributed by atoms with Crippen molar-refractivity contribution in [1.29, 1.82) is 0 Å². The maximum Gasteiger partial charge on any atom is 0.195 e. The van der Waals surface area contributed by atoms with Gasteiger partial charge in [-0.3, -0.25) is 4.79 Å². The first-order valence-electron chi connectivity index (χ1n) is 9.59. The van der Waals surface area contributed by atoms with Gasteiger partial charge >= 0.3 is 0 Å².